The fraction of sp³-hybridized carbons (Fsp3) is 0.185. The van der Waals surface area contributed by atoms with E-state index in [0.717, 1.165) is 40.6 Å². The van der Waals surface area contributed by atoms with Gasteiger partial charge < -0.3 is 20.9 Å². The van der Waals surface area contributed by atoms with Gasteiger partial charge in [0.05, 0.1) is 0 Å². The average Bonchev–Trinajstić information content (AvgIpc) is 3.58. The standard InChI is InChI=1S/C27H25FN4O2/c28-18-6-14-24-23(16-18)22(26(32-24)17-4-2-1-3-5-17)13-15-25(33)29-19-7-9-20(10-8-19)30-27(34)31-21-11-12-21/h1-10,14,16,21,32H,11-13,15H2,(H,29,33)(H2,30,31,34). The van der Waals surface area contributed by atoms with Gasteiger partial charge >= 0.3 is 6.03 Å². The maximum absolute atomic E-state index is 14.0. The summed E-state index contributed by atoms with van der Waals surface area (Å²) in [4.78, 5) is 27.9. The van der Waals surface area contributed by atoms with E-state index >= 15 is 0 Å². The molecule has 0 unspecified atom stereocenters. The zero-order chi connectivity index (χ0) is 23.5. The minimum atomic E-state index is -0.309. The molecule has 0 bridgehead atoms. The van der Waals surface area contributed by atoms with Crippen LogP contribution in [0.15, 0.2) is 72.8 Å². The van der Waals surface area contributed by atoms with E-state index in [4.69, 9.17) is 0 Å². The lowest BCUT2D eigenvalue weighted by Crippen LogP contribution is -2.30. The third-order valence-electron chi connectivity index (χ3n) is 5.87. The lowest BCUT2D eigenvalue weighted by molar-refractivity contribution is -0.116. The zero-order valence-corrected chi connectivity index (χ0v) is 18.5. The van der Waals surface area contributed by atoms with Gasteiger partial charge in [0.2, 0.25) is 5.91 Å². The van der Waals surface area contributed by atoms with Crippen LogP contribution < -0.4 is 16.0 Å². The van der Waals surface area contributed by atoms with Crippen LogP contribution in [0.25, 0.3) is 22.2 Å². The van der Waals surface area contributed by atoms with Crippen LogP contribution in [0.4, 0.5) is 20.6 Å². The molecular weight excluding hydrogens is 431 g/mol. The van der Waals surface area contributed by atoms with Crippen LogP contribution in [0.5, 0.6) is 0 Å². The van der Waals surface area contributed by atoms with Crippen molar-refractivity contribution in [3.63, 3.8) is 0 Å². The Balaban J connectivity index is 1.26. The Morgan fingerprint density at radius 3 is 2.32 bits per heavy atom. The molecule has 0 spiro atoms. The van der Waals surface area contributed by atoms with Crippen LogP contribution in [-0.4, -0.2) is 23.0 Å². The van der Waals surface area contributed by atoms with Gasteiger partial charge in [-0.25, -0.2) is 9.18 Å². The van der Waals surface area contributed by atoms with E-state index in [0.29, 0.717) is 17.8 Å². The zero-order valence-electron chi connectivity index (χ0n) is 18.5. The highest BCUT2D eigenvalue weighted by Crippen LogP contribution is 2.32. The molecule has 34 heavy (non-hydrogen) atoms. The molecule has 1 fully saturated rings. The predicted molar refractivity (Wildman–Crippen MR) is 132 cm³/mol. The summed E-state index contributed by atoms with van der Waals surface area (Å²) in [5.74, 6) is -0.451. The molecule has 4 N–H and O–H groups in total. The number of aryl methyl sites for hydroxylation is 1. The normalized spacial score (nSPS) is 13.0. The van der Waals surface area contributed by atoms with Crippen molar-refractivity contribution in [3.05, 3.63) is 84.2 Å². The van der Waals surface area contributed by atoms with Crippen LogP contribution >= 0.6 is 0 Å². The lowest BCUT2D eigenvalue weighted by Gasteiger charge is -2.09. The first kappa shape index (κ1) is 21.7. The Morgan fingerprint density at radius 2 is 1.62 bits per heavy atom. The molecule has 0 saturated heterocycles. The fourth-order valence-corrected chi connectivity index (χ4v) is 4.01. The van der Waals surface area contributed by atoms with Crippen molar-refractivity contribution in [2.24, 2.45) is 0 Å². The molecule has 4 aromatic rings. The Hall–Kier alpha value is -4.13. The highest BCUT2D eigenvalue weighted by atomic mass is 19.1. The number of benzene rings is 3. The number of hydrogen-bond donors (Lipinski definition) is 4. The summed E-state index contributed by atoms with van der Waals surface area (Å²) in [7, 11) is 0. The van der Waals surface area contributed by atoms with Crippen LogP contribution in [-0.2, 0) is 11.2 Å². The van der Waals surface area contributed by atoms with Crippen molar-refractivity contribution < 1.29 is 14.0 Å². The third kappa shape index (κ3) is 5.09. The largest absolute Gasteiger partial charge is 0.354 e. The molecule has 0 atom stereocenters. The fourth-order valence-electron chi connectivity index (χ4n) is 4.01. The number of carbonyl (C=O) groups excluding carboxylic acids is 2. The van der Waals surface area contributed by atoms with Gasteiger partial charge in [0, 0.05) is 40.4 Å². The number of nitrogens with one attached hydrogen (secondary N) is 4. The number of urea groups is 1. The second-order valence-corrected chi connectivity index (χ2v) is 8.53. The first-order valence-corrected chi connectivity index (χ1v) is 11.4. The number of amides is 3. The molecule has 7 heteroatoms. The minimum absolute atomic E-state index is 0.142. The highest BCUT2D eigenvalue weighted by molar-refractivity contribution is 5.94. The Morgan fingerprint density at radius 1 is 0.912 bits per heavy atom. The van der Waals surface area contributed by atoms with E-state index in [-0.39, 0.29) is 30.2 Å². The van der Waals surface area contributed by atoms with Crippen molar-refractivity contribution in [1.82, 2.24) is 10.3 Å². The van der Waals surface area contributed by atoms with Crippen LogP contribution in [0, 0.1) is 5.82 Å². The number of halogens is 1. The SMILES string of the molecule is O=C(CCc1c(-c2ccccc2)[nH]c2ccc(F)cc12)Nc1ccc(NC(=O)NC2CC2)cc1. The number of hydrogen-bond acceptors (Lipinski definition) is 2. The van der Waals surface area contributed by atoms with Gasteiger partial charge in [-0.1, -0.05) is 30.3 Å². The van der Waals surface area contributed by atoms with Gasteiger partial charge in [0.15, 0.2) is 0 Å². The number of anilines is 2. The van der Waals surface area contributed by atoms with Gasteiger partial charge in [0.25, 0.3) is 0 Å². The number of aromatic nitrogens is 1. The third-order valence-corrected chi connectivity index (χ3v) is 5.87. The van der Waals surface area contributed by atoms with Crippen molar-refractivity contribution in [1.29, 1.82) is 0 Å². The summed E-state index contributed by atoms with van der Waals surface area (Å²) >= 11 is 0. The molecular formula is C27H25FN4O2. The molecule has 3 amide bonds. The molecule has 1 aliphatic carbocycles. The molecule has 6 nitrogen and oxygen atoms in total. The summed E-state index contributed by atoms with van der Waals surface area (Å²) in [6.07, 6.45) is 2.75. The molecule has 5 rings (SSSR count). The van der Waals surface area contributed by atoms with E-state index in [9.17, 15) is 14.0 Å². The summed E-state index contributed by atoms with van der Waals surface area (Å²) < 4.78 is 14.0. The summed E-state index contributed by atoms with van der Waals surface area (Å²) in [5.41, 5.74) is 4.94. The topological polar surface area (TPSA) is 86.0 Å². The molecule has 1 aromatic heterocycles. The van der Waals surface area contributed by atoms with E-state index < -0.39 is 0 Å². The van der Waals surface area contributed by atoms with Crippen LogP contribution in [0.3, 0.4) is 0 Å². The van der Waals surface area contributed by atoms with Crippen LogP contribution in [0.2, 0.25) is 0 Å². The van der Waals surface area contributed by atoms with Crippen molar-refractivity contribution in [2.45, 2.75) is 31.7 Å². The van der Waals surface area contributed by atoms with Crippen LogP contribution in [0.1, 0.15) is 24.8 Å². The summed E-state index contributed by atoms with van der Waals surface area (Å²) in [5, 5.41) is 9.33. The van der Waals surface area contributed by atoms with E-state index in [1.54, 1.807) is 30.3 Å². The monoisotopic (exact) mass is 456 g/mol. The second kappa shape index (κ2) is 9.39. The van der Waals surface area contributed by atoms with E-state index in [1.165, 1.54) is 12.1 Å². The second-order valence-electron chi connectivity index (χ2n) is 8.53. The van der Waals surface area contributed by atoms with Gasteiger partial charge in [-0.15, -0.1) is 0 Å². The molecule has 3 aromatic carbocycles. The molecule has 172 valence electrons. The number of rotatable bonds is 7. The average molecular weight is 457 g/mol. The number of fused-ring (bicyclic) bond motifs is 1. The molecule has 1 saturated carbocycles. The van der Waals surface area contributed by atoms with E-state index in [1.807, 2.05) is 30.3 Å². The van der Waals surface area contributed by atoms with Crippen molar-refractivity contribution in [2.75, 3.05) is 10.6 Å². The highest BCUT2D eigenvalue weighted by Gasteiger charge is 2.23. The number of carbonyl (C=O) groups is 2. The summed E-state index contributed by atoms with van der Waals surface area (Å²) in [6, 6.07) is 21.6. The maximum atomic E-state index is 14.0. The summed E-state index contributed by atoms with van der Waals surface area (Å²) in [6.45, 7) is 0. The van der Waals surface area contributed by atoms with Crippen molar-refractivity contribution >= 4 is 34.2 Å². The van der Waals surface area contributed by atoms with Crippen molar-refractivity contribution in [3.8, 4) is 11.3 Å². The Kier molecular flexibility index (Phi) is 5.99. The molecule has 0 radical (unpaired) electrons. The molecule has 1 heterocycles. The predicted octanol–water partition coefficient (Wildman–Crippen LogP) is 5.83. The maximum Gasteiger partial charge on any atom is 0.319 e. The first-order chi connectivity index (χ1) is 16.5. The lowest BCUT2D eigenvalue weighted by atomic mass is 10.0. The quantitative estimate of drug-likeness (QED) is 0.282. The smallest absolute Gasteiger partial charge is 0.319 e. The minimum Gasteiger partial charge on any atom is -0.354 e. The number of H-pyrrole nitrogens is 1. The molecule has 1 aliphatic rings. The number of aromatic amines is 1. The van der Waals surface area contributed by atoms with E-state index in [2.05, 4.69) is 20.9 Å². The van der Waals surface area contributed by atoms with Gasteiger partial charge in [0.1, 0.15) is 5.82 Å². The Labute approximate surface area is 196 Å². The van der Waals surface area contributed by atoms with Gasteiger partial charge in [-0.3, -0.25) is 4.79 Å². The van der Waals surface area contributed by atoms with Gasteiger partial charge in [-0.05, 0) is 72.9 Å². The van der Waals surface area contributed by atoms with Gasteiger partial charge in [-0.2, -0.15) is 0 Å². The molecule has 0 aliphatic heterocycles. The Bertz CT molecular complexity index is 1330. The first-order valence-electron chi connectivity index (χ1n) is 11.4.